The van der Waals surface area contributed by atoms with Crippen LogP contribution < -0.4 is 0 Å². The van der Waals surface area contributed by atoms with Gasteiger partial charge in [-0.3, -0.25) is 0 Å². The third-order valence-corrected chi connectivity index (χ3v) is 5.93. The molecule has 30 heavy (non-hydrogen) atoms. The summed E-state index contributed by atoms with van der Waals surface area (Å²) in [5, 5.41) is 0. The van der Waals surface area contributed by atoms with E-state index in [9.17, 15) is 0 Å². The molecule has 0 spiro atoms. The largest absolute Gasteiger partial charge is 0.0683 e. The van der Waals surface area contributed by atoms with Gasteiger partial charge < -0.3 is 0 Å². The van der Waals surface area contributed by atoms with E-state index in [-0.39, 0.29) is 0 Å². The molecule has 0 unspecified atom stereocenters. The van der Waals surface area contributed by atoms with Crippen LogP contribution in [-0.4, -0.2) is 0 Å². The highest BCUT2D eigenvalue weighted by molar-refractivity contribution is 4.60. The smallest absolute Gasteiger partial charge is 0.0443 e. The van der Waals surface area contributed by atoms with E-state index in [1.807, 2.05) is 55.4 Å². The molecular formula is C30H68. The third kappa shape index (κ3) is 32.7. The van der Waals surface area contributed by atoms with Gasteiger partial charge >= 0.3 is 0 Å². The molecule has 0 saturated heterocycles. The summed E-state index contributed by atoms with van der Waals surface area (Å²) in [5.74, 6) is 3.10. The average molecular weight is 429 g/mol. The van der Waals surface area contributed by atoms with Gasteiger partial charge in [0.1, 0.15) is 0 Å². The predicted molar refractivity (Wildman–Crippen MR) is 147 cm³/mol. The number of hydrogen-bond donors (Lipinski definition) is 0. The fourth-order valence-electron chi connectivity index (χ4n) is 4.10. The Morgan fingerprint density at radius 1 is 0.267 bits per heavy atom. The second-order valence-corrected chi connectivity index (χ2v) is 8.58. The van der Waals surface area contributed by atoms with Crippen LogP contribution in [0.2, 0.25) is 0 Å². The van der Waals surface area contributed by atoms with Gasteiger partial charge in [-0.1, -0.05) is 179 Å². The lowest BCUT2D eigenvalue weighted by molar-refractivity contribution is 0.385. The van der Waals surface area contributed by atoms with E-state index in [2.05, 4.69) is 20.8 Å². The molecule has 3 fully saturated rings. The molecule has 188 valence electrons. The Hall–Kier alpha value is 0. The summed E-state index contributed by atoms with van der Waals surface area (Å²) in [4.78, 5) is 0. The SMILES string of the molecule is CC.CC.CC.CC.CC1CCCCC1.CC1CCCCC1.CC1CCCCCC1. The summed E-state index contributed by atoms with van der Waals surface area (Å²) in [6.45, 7) is 23.1. The first-order chi connectivity index (χ1) is 14.7. The molecule has 3 saturated carbocycles. The highest BCUT2D eigenvalue weighted by Crippen LogP contribution is 2.23. The fraction of sp³-hybridized carbons (Fsp3) is 1.00. The maximum absolute atomic E-state index is 2.38. The fourth-order valence-corrected chi connectivity index (χ4v) is 4.10. The van der Waals surface area contributed by atoms with Crippen LogP contribution in [0.1, 0.15) is 179 Å². The van der Waals surface area contributed by atoms with Crippen molar-refractivity contribution in [3.8, 4) is 0 Å². The van der Waals surface area contributed by atoms with Crippen LogP contribution in [0.3, 0.4) is 0 Å². The second kappa shape index (κ2) is 36.4. The molecule has 0 radical (unpaired) electrons. The lowest BCUT2D eigenvalue weighted by Crippen LogP contribution is -1.99. The van der Waals surface area contributed by atoms with E-state index in [1.54, 1.807) is 0 Å². The van der Waals surface area contributed by atoms with Crippen molar-refractivity contribution in [2.75, 3.05) is 0 Å². The Balaban J connectivity index is -0.000000145. The summed E-state index contributed by atoms with van der Waals surface area (Å²) in [6, 6.07) is 0. The first-order valence-corrected chi connectivity index (χ1v) is 14.7. The van der Waals surface area contributed by atoms with E-state index in [0.717, 1.165) is 17.8 Å². The van der Waals surface area contributed by atoms with Gasteiger partial charge in [0.05, 0.1) is 0 Å². The van der Waals surface area contributed by atoms with Gasteiger partial charge in [-0.05, 0) is 17.8 Å². The Morgan fingerprint density at radius 3 is 0.567 bits per heavy atom. The summed E-state index contributed by atoms with van der Waals surface area (Å²) in [7, 11) is 0. The molecule has 0 heteroatoms. The molecule has 0 amide bonds. The zero-order chi connectivity index (χ0) is 24.0. The molecule has 0 bridgehead atoms. The average Bonchev–Trinajstić information content (AvgIpc) is 3.08. The maximum atomic E-state index is 2.38. The van der Waals surface area contributed by atoms with Gasteiger partial charge in [-0.25, -0.2) is 0 Å². The molecule has 0 heterocycles. The molecule has 0 nitrogen and oxygen atoms in total. The minimum absolute atomic E-state index is 1.03. The summed E-state index contributed by atoms with van der Waals surface area (Å²) >= 11 is 0. The molecule has 0 atom stereocenters. The minimum Gasteiger partial charge on any atom is -0.0683 e. The van der Waals surface area contributed by atoms with Gasteiger partial charge in [-0.15, -0.1) is 0 Å². The van der Waals surface area contributed by atoms with E-state index >= 15 is 0 Å². The van der Waals surface area contributed by atoms with Gasteiger partial charge in [0.25, 0.3) is 0 Å². The predicted octanol–water partition coefficient (Wildman–Crippen LogP) is 12.3. The van der Waals surface area contributed by atoms with Crippen LogP contribution in [0.5, 0.6) is 0 Å². The molecule has 0 aromatic carbocycles. The first kappa shape index (κ1) is 37.3. The van der Waals surface area contributed by atoms with Crippen molar-refractivity contribution in [1.82, 2.24) is 0 Å². The first-order valence-electron chi connectivity index (χ1n) is 14.7. The summed E-state index contributed by atoms with van der Waals surface area (Å²) in [6.07, 6.45) is 23.8. The lowest BCUT2D eigenvalue weighted by atomic mass is 9.91. The molecule has 0 aromatic rings. The molecule has 0 N–H and O–H groups in total. The van der Waals surface area contributed by atoms with E-state index in [4.69, 9.17) is 0 Å². The zero-order valence-electron chi connectivity index (χ0n) is 24.0. The van der Waals surface area contributed by atoms with E-state index < -0.39 is 0 Å². The number of rotatable bonds is 0. The monoisotopic (exact) mass is 429 g/mol. The van der Waals surface area contributed by atoms with Crippen LogP contribution in [0.25, 0.3) is 0 Å². The van der Waals surface area contributed by atoms with Gasteiger partial charge in [0, 0.05) is 0 Å². The van der Waals surface area contributed by atoms with E-state index in [0.29, 0.717) is 0 Å². The zero-order valence-corrected chi connectivity index (χ0v) is 24.0. The van der Waals surface area contributed by atoms with Crippen LogP contribution in [-0.2, 0) is 0 Å². The highest BCUT2D eigenvalue weighted by Gasteiger charge is 2.07. The van der Waals surface area contributed by atoms with Crippen molar-refractivity contribution in [1.29, 1.82) is 0 Å². The highest BCUT2D eigenvalue weighted by atomic mass is 14.1. The lowest BCUT2D eigenvalue weighted by Gasteiger charge is -2.15. The molecule has 0 aliphatic heterocycles. The molecule has 0 aromatic heterocycles. The van der Waals surface area contributed by atoms with Crippen molar-refractivity contribution in [2.45, 2.75) is 179 Å². The normalized spacial score (nSPS) is 19.3. The van der Waals surface area contributed by atoms with E-state index in [1.165, 1.54) is 103 Å². The van der Waals surface area contributed by atoms with Crippen LogP contribution in [0.4, 0.5) is 0 Å². The summed E-state index contributed by atoms with van der Waals surface area (Å²) < 4.78 is 0. The molecular weight excluding hydrogens is 360 g/mol. The standard InChI is InChI=1S/C8H16.2C7H14.4C2H6/c1-8-6-4-2-3-5-7-8;2*1-7-5-3-2-4-6-7;4*1-2/h8H,2-7H2,1H3;2*7H,2-6H2,1H3;4*1-2H3. The van der Waals surface area contributed by atoms with Crippen molar-refractivity contribution < 1.29 is 0 Å². The van der Waals surface area contributed by atoms with Gasteiger partial charge in [0.15, 0.2) is 0 Å². The maximum Gasteiger partial charge on any atom is -0.0443 e. The van der Waals surface area contributed by atoms with Crippen LogP contribution >= 0.6 is 0 Å². The van der Waals surface area contributed by atoms with Crippen molar-refractivity contribution in [3.05, 3.63) is 0 Å². The van der Waals surface area contributed by atoms with Gasteiger partial charge in [-0.2, -0.15) is 0 Å². The van der Waals surface area contributed by atoms with Crippen molar-refractivity contribution >= 4 is 0 Å². The quantitative estimate of drug-likeness (QED) is 0.336. The summed E-state index contributed by atoms with van der Waals surface area (Å²) in [5.41, 5.74) is 0. The Bertz CT molecular complexity index is 196. The van der Waals surface area contributed by atoms with Crippen LogP contribution in [0, 0.1) is 17.8 Å². The molecule has 3 aliphatic carbocycles. The Labute approximate surface area is 196 Å². The topological polar surface area (TPSA) is 0 Å². The van der Waals surface area contributed by atoms with Crippen molar-refractivity contribution in [3.63, 3.8) is 0 Å². The van der Waals surface area contributed by atoms with Crippen LogP contribution in [0.15, 0.2) is 0 Å². The molecule has 3 aliphatic rings. The number of hydrogen-bond acceptors (Lipinski definition) is 0. The Morgan fingerprint density at radius 2 is 0.400 bits per heavy atom. The van der Waals surface area contributed by atoms with Crippen molar-refractivity contribution in [2.24, 2.45) is 17.8 Å². The molecule has 3 rings (SSSR count). The Kier molecular flexibility index (Phi) is 45.3. The minimum atomic E-state index is 1.03. The third-order valence-electron chi connectivity index (χ3n) is 5.93. The van der Waals surface area contributed by atoms with Gasteiger partial charge in [0.2, 0.25) is 0 Å². The second-order valence-electron chi connectivity index (χ2n) is 8.58.